The topological polar surface area (TPSA) is 62.9 Å². The molecule has 1 aromatic carbocycles. The van der Waals surface area contributed by atoms with Gasteiger partial charge in [0.15, 0.2) is 5.65 Å². The Labute approximate surface area is 158 Å². The van der Waals surface area contributed by atoms with E-state index in [1.807, 2.05) is 23.6 Å². The second kappa shape index (κ2) is 6.32. The van der Waals surface area contributed by atoms with Crippen molar-refractivity contribution in [1.29, 1.82) is 0 Å². The van der Waals surface area contributed by atoms with Gasteiger partial charge in [0, 0.05) is 48.4 Å². The smallest absolute Gasteiger partial charge is 0.155 e. The van der Waals surface area contributed by atoms with Crippen LogP contribution in [0.4, 0.5) is 0 Å². The van der Waals surface area contributed by atoms with Crippen LogP contribution >= 0.6 is 0 Å². The molecule has 140 valence electrons. The van der Waals surface area contributed by atoms with Crippen LogP contribution in [0, 0.1) is 6.92 Å². The van der Waals surface area contributed by atoms with Gasteiger partial charge in [-0.1, -0.05) is 6.07 Å². The van der Waals surface area contributed by atoms with E-state index in [-0.39, 0.29) is 6.61 Å². The average Bonchev–Trinajstić information content (AvgIpc) is 3.19. The fraction of sp³-hybridized carbons (Fsp3) is 0.429. The molecule has 0 aliphatic carbocycles. The van der Waals surface area contributed by atoms with Crippen molar-refractivity contribution in [2.75, 3.05) is 7.11 Å². The highest BCUT2D eigenvalue weighted by molar-refractivity contribution is 5.44. The first-order valence-corrected chi connectivity index (χ1v) is 9.54. The molecule has 2 aromatic heterocycles. The van der Waals surface area contributed by atoms with Gasteiger partial charge in [-0.05, 0) is 37.5 Å². The fourth-order valence-electron chi connectivity index (χ4n) is 4.81. The summed E-state index contributed by atoms with van der Waals surface area (Å²) in [5.74, 6) is 0.744. The molecule has 2 bridgehead atoms. The third-order valence-electron chi connectivity index (χ3n) is 6.05. The zero-order valence-corrected chi connectivity index (χ0v) is 15.7. The van der Waals surface area contributed by atoms with Gasteiger partial charge in [0.25, 0.3) is 0 Å². The van der Waals surface area contributed by atoms with Gasteiger partial charge in [-0.3, -0.25) is 4.90 Å². The van der Waals surface area contributed by atoms with Crippen LogP contribution < -0.4 is 4.74 Å². The Bertz CT molecular complexity index is 1010. The quantitative estimate of drug-likeness (QED) is 0.771. The molecule has 0 saturated carbocycles. The van der Waals surface area contributed by atoms with E-state index >= 15 is 0 Å². The highest BCUT2D eigenvalue weighted by atomic mass is 16.5. The Morgan fingerprint density at radius 1 is 1.26 bits per heavy atom. The monoisotopic (exact) mass is 364 g/mol. The van der Waals surface area contributed by atoms with Gasteiger partial charge >= 0.3 is 0 Å². The Morgan fingerprint density at radius 2 is 2.15 bits per heavy atom. The lowest BCUT2D eigenvalue weighted by molar-refractivity contribution is 0.165. The SMILES string of the molecule is COc1ccc(CN2[C@H]3CC[C@H]2c2cnc4cc(C)nn4c2C3)cc1CO. The third-order valence-corrected chi connectivity index (χ3v) is 6.05. The predicted octanol–water partition coefficient (Wildman–Crippen LogP) is 2.80. The molecule has 3 aromatic rings. The summed E-state index contributed by atoms with van der Waals surface area (Å²) in [6, 6.07) is 9.08. The van der Waals surface area contributed by atoms with Crippen LogP contribution in [0.2, 0.25) is 0 Å². The first kappa shape index (κ1) is 16.7. The predicted molar refractivity (Wildman–Crippen MR) is 102 cm³/mol. The zero-order chi connectivity index (χ0) is 18.5. The number of ether oxygens (including phenoxy) is 1. The van der Waals surface area contributed by atoms with Crippen LogP contribution in [-0.2, 0) is 19.6 Å². The molecule has 5 rings (SSSR count). The first-order chi connectivity index (χ1) is 13.2. The number of hydrogen-bond acceptors (Lipinski definition) is 5. The summed E-state index contributed by atoms with van der Waals surface area (Å²) in [6.07, 6.45) is 5.42. The summed E-state index contributed by atoms with van der Waals surface area (Å²) < 4.78 is 7.38. The molecule has 4 heterocycles. The molecule has 0 spiro atoms. The molecule has 27 heavy (non-hydrogen) atoms. The largest absolute Gasteiger partial charge is 0.496 e. The molecule has 1 fully saturated rings. The number of fused-ring (bicyclic) bond motifs is 6. The first-order valence-electron chi connectivity index (χ1n) is 9.54. The summed E-state index contributed by atoms with van der Waals surface area (Å²) in [7, 11) is 1.64. The number of methoxy groups -OCH3 is 1. The zero-order valence-electron chi connectivity index (χ0n) is 15.7. The lowest BCUT2D eigenvalue weighted by Gasteiger charge is -2.36. The Hall–Kier alpha value is -2.44. The molecule has 0 amide bonds. The number of aryl methyl sites for hydroxylation is 1. The maximum atomic E-state index is 9.62. The highest BCUT2D eigenvalue weighted by Crippen LogP contribution is 2.44. The van der Waals surface area contributed by atoms with Crippen molar-refractivity contribution in [3.8, 4) is 5.75 Å². The van der Waals surface area contributed by atoms with E-state index in [4.69, 9.17) is 4.74 Å². The number of hydrogen-bond donors (Lipinski definition) is 1. The Kier molecular flexibility index (Phi) is 3.91. The second-order valence-electron chi connectivity index (χ2n) is 7.64. The van der Waals surface area contributed by atoms with E-state index in [2.05, 4.69) is 33.3 Å². The van der Waals surface area contributed by atoms with Gasteiger partial charge < -0.3 is 9.84 Å². The minimum absolute atomic E-state index is 0.00669. The van der Waals surface area contributed by atoms with Crippen molar-refractivity contribution in [2.45, 2.75) is 51.4 Å². The number of nitrogens with zero attached hydrogens (tertiary/aromatic N) is 4. The molecular formula is C21H24N4O2. The number of aliphatic hydroxyl groups excluding tert-OH is 1. The highest BCUT2D eigenvalue weighted by Gasteiger charge is 2.41. The average molecular weight is 364 g/mol. The van der Waals surface area contributed by atoms with Crippen molar-refractivity contribution in [3.05, 3.63) is 58.5 Å². The summed E-state index contributed by atoms with van der Waals surface area (Å²) in [4.78, 5) is 7.24. The van der Waals surface area contributed by atoms with E-state index < -0.39 is 0 Å². The van der Waals surface area contributed by atoms with Gasteiger partial charge in [0.1, 0.15) is 5.75 Å². The van der Waals surface area contributed by atoms with Crippen LogP contribution in [0.3, 0.4) is 0 Å². The van der Waals surface area contributed by atoms with Gasteiger partial charge in [-0.25, -0.2) is 9.50 Å². The van der Waals surface area contributed by atoms with Crippen molar-refractivity contribution >= 4 is 5.65 Å². The fourth-order valence-corrected chi connectivity index (χ4v) is 4.81. The van der Waals surface area contributed by atoms with Crippen LogP contribution in [0.1, 0.15) is 47.0 Å². The lowest BCUT2D eigenvalue weighted by atomic mass is 9.98. The molecule has 0 radical (unpaired) electrons. The maximum Gasteiger partial charge on any atom is 0.155 e. The third kappa shape index (κ3) is 2.63. The van der Waals surface area contributed by atoms with E-state index in [1.54, 1.807) is 7.11 Å². The maximum absolute atomic E-state index is 9.62. The van der Waals surface area contributed by atoms with Crippen LogP contribution in [0.25, 0.3) is 5.65 Å². The summed E-state index contributed by atoms with van der Waals surface area (Å²) in [5.41, 5.74) is 6.65. The normalized spacial score (nSPS) is 21.6. The molecular weight excluding hydrogens is 340 g/mol. The van der Waals surface area contributed by atoms with E-state index in [1.165, 1.54) is 23.2 Å². The molecule has 2 aliphatic heterocycles. The van der Waals surface area contributed by atoms with Crippen LogP contribution in [-0.4, -0.2) is 37.8 Å². The number of aliphatic hydroxyl groups is 1. The molecule has 0 unspecified atom stereocenters. The standard InChI is InChI=1S/C21H24N4O2/c1-13-7-21-22-10-17-18-5-4-16(9-19(17)25(21)23-13)24(18)11-14-3-6-20(27-2)15(8-14)12-26/h3,6-8,10,16,18,26H,4-5,9,11-12H2,1-2H3/t16-,18-/m0/s1. The summed E-state index contributed by atoms with van der Waals surface area (Å²) in [6.45, 7) is 2.89. The van der Waals surface area contributed by atoms with E-state index in [9.17, 15) is 5.11 Å². The minimum Gasteiger partial charge on any atom is -0.496 e. The van der Waals surface area contributed by atoms with Crippen molar-refractivity contribution in [2.24, 2.45) is 0 Å². The van der Waals surface area contributed by atoms with Crippen LogP contribution in [0.5, 0.6) is 5.75 Å². The molecule has 2 aliphatic rings. The van der Waals surface area contributed by atoms with Gasteiger partial charge in [0.05, 0.1) is 25.1 Å². The number of aromatic nitrogens is 3. The van der Waals surface area contributed by atoms with Crippen molar-refractivity contribution in [1.82, 2.24) is 19.5 Å². The second-order valence-corrected chi connectivity index (χ2v) is 7.64. The van der Waals surface area contributed by atoms with Crippen LogP contribution in [0.15, 0.2) is 30.5 Å². The van der Waals surface area contributed by atoms with Gasteiger partial charge in [-0.15, -0.1) is 0 Å². The summed E-state index contributed by atoms with van der Waals surface area (Å²) in [5, 5.41) is 14.3. The van der Waals surface area contributed by atoms with Gasteiger partial charge in [-0.2, -0.15) is 5.10 Å². The molecule has 1 saturated heterocycles. The molecule has 6 nitrogen and oxygen atoms in total. The van der Waals surface area contributed by atoms with E-state index in [0.717, 1.165) is 42.0 Å². The molecule has 6 heteroatoms. The molecule has 2 atom stereocenters. The van der Waals surface area contributed by atoms with Crippen molar-refractivity contribution in [3.63, 3.8) is 0 Å². The van der Waals surface area contributed by atoms with Crippen molar-refractivity contribution < 1.29 is 9.84 Å². The minimum atomic E-state index is -0.00669. The van der Waals surface area contributed by atoms with Gasteiger partial charge in [0.2, 0.25) is 0 Å². The summed E-state index contributed by atoms with van der Waals surface area (Å²) >= 11 is 0. The molecule has 1 N–H and O–H groups in total. The Morgan fingerprint density at radius 3 is 2.96 bits per heavy atom. The number of benzene rings is 1. The number of rotatable bonds is 4. The Balaban J connectivity index is 1.49. The van der Waals surface area contributed by atoms with E-state index in [0.29, 0.717) is 12.1 Å². The lowest BCUT2D eigenvalue weighted by Crippen LogP contribution is -2.38.